The Balaban J connectivity index is 1.70. The van der Waals surface area contributed by atoms with Crippen molar-refractivity contribution in [3.05, 3.63) is 53.6 Å². The second-order valence-corrected chi connectivity index (χ2v) is 6.66. The van der Waals surface area contributed by atoms with Crippen molar-refractivity contribution in [1.82, 2.24) is 0 Å². The Morgan fingerprint density at radius 1 is 0.966 bits per heavy atom. The minimum atomic E-state index is -0.732. The van der Waals surface area contributed by atoms with Crippen LogP contribution in [0.4, 0.5) is 17.1 Å². The number of rotatable bonds is 5. The number of benzene rings is 2. The maximum atomic E-state index is 12.5. The third-order valence-electron chi connectivity index (χ3n) is 4.32. The third-order valence-corrected chi connectivity index (χ3v) is 4.32. The molecular formula is C21H21N3O5. The summed E-state index contributed by atoms with van der Waals surface area (Å²) in [5.74, 6) is -1.70. The smallest absolute Gasteiger partial charge is 0.338 e. The summed E-state index contributed by atoms with van der Waals surface area (Å²) < 4.78 is 5.18. The Hall–Kier alpha value is -3.68. The number of esters is 1. The van der Waals surface area contributed by atoms with E-state index in [4.69, 9.17) is 4.74 Å². The summed E-state index contributed by atoms with van der Waals surface area (Å²) in [6.45, 7) is 2.79. The van der Waals surface area contributed by atoms with E-state index in [0.717, 1.165) is 17.7 Å². The number of amides is 3. The summed E-state index contributed by atoms with van der Waals surface area (Å²) >= 11 is 0. The highest BCUT2D eigenvalue weighted by Crippen LogP contribution is 2.27. The molecule has 0 bridgehead atoms. The highest BCUT2D eigenvalue weighted by Gasteiger charge is 2.25. The van der Waals surface area contributed by atoms with E-state index in [1.807, 2.05) is 24.3 Å². The Morgan fingerprint density at radius 3 is 2.21 bits per heavy atom. The number of carbonyl (C=O) groups excluding carboxylic acids is 4. The maximum absolute atomic E-state index is 12.5. The highest BCUT2D eigenvalue weighted by molar-refractivity contribution is 6.00. The first-order chi connectivity index (χ1) is 13.8. The van der Waals surface area contributed by atoms with Gasteiger partial charge in [-0.1, -0.05) is 18.2 Å². The van der Waals surface area contributed by atoms with E-state index >= 15 is 0 Å². The summed E-state index contributed by atoms with van der Waals surface area (Å²) in [7, 11) is 0. The lowest BCUT2D eigenvalue weighted by atomic mass is 10.1. The molecule has 150 valence electrons. The van der Waals surface area contributed by atoms with Gasteiger partial charge in [-0.05, 0) is 36.2 Å². The number of hydrogen-bond acceptors (Lipinski definition) is 5. The summed E-state index contributed by atoms with van der Waals surface area (Å²) in [6.07, 6.45) is 0.759. The van der Waals surface area contributed by atoms with Gasteiger partial charge in [0.2, 0.25) is 11.8 Å². The Labute approximate surface area is 167 Å². The predicted octanol–water partition coefficient (Wildman–Crippen LogP) is 2.35. The molecule has 1 heterocycles. The van der Waals surface area contributed by atoms with E-state index in [0.29, 0.717) is 17.9 Å². The first-order valence-electron chi connectivity index (χ1n) is 9.09. The molecule has 2 aromatic rings. The third kappa shape index (κ3) is 4.98. The zero-order valence-electron chi connectivity index (χ0n) is 16.2. The maximum Gasteiger partial charge on any atom is 0.338 e. The average molecular weight is 395 g/mol. The minimum absolute atomic E-state index is 0.106. The van der Waals surface area contributed by atoms with Crippen LogP contribution in [0.5, 0.6) is 0 Å². The highest BCUT2D eigenvalue weighted by atomic mass is 16.5. The van der Waals surface area contributed by atoms with Crippen LogP contribution in [0.15, 0.2) is 42.5 Å². The van der Waals surface area contributed by atoms with Crippen molar-refractivity contribution in [2.24, 2.45) is 0 Å². The van der Waals surface area contributed by atoms with Crippen molar-refractivity contribution in [2.75, 3.05) is 28.7 Å². The summed E-state index contributed by atoms with van der Waals surface area (Å²) in [4.78, 5) is 49.2. The van der Waals surface area contributed by atoms with Crippen LogP contribution < -0.4 is 15.5 Å². The number of para-hydroxylation sites is 1. The normalized spacial score (nSPS) is 12.1. The van der Waals surface area contributed by atoms with Gasteiger partial charge in [-0.3, -0.25) is 14.4 Å². The fourth-order valence-electron chi connectivity index (χ4n) is 3.18. The second-order valence-electron chi connectivity index (χ2n) is 6.66. The van der Waals surface area contributed by atoms with Crippen molar-refractivity contribution in [3.63, 3.8) is 0 Å². The lowest BCUT2D eigenvalue weighted by Crippen LogP contribution is -2.33. The van der Waals surface area contributed by atoms with Crippen LogP contribution in [-0.2, 0) is 25.5 Å². The fourth-order valence-corrected chi connectivity index (χ4v) is 3.18. The molecule has 0 radical (unpaired) electrons. The molecule has 1 aliphatic rings. The monoisotopic (exact) mass is 395 g/mol. The molecule has 2 aromatic carbocycles. The van der Waals surface area contributed by atoms with Crippen LogP contribution in [-0.4, -0.2) is 36.8 Å². The molecular weight excluding hydrogens is 374 g/mol. The van der Waals surface area contributed by atoms with Gasteiger partial charge in [-0.2, -0.15) is 0 Å². The molecule has 29 heavy (non-hydrogen) atoms. The molecule has 0 atom stereocenters. The van der Waals surface area contributed by atoms with Gasteiger partial charge in [0.25, 0.3) is 5.91 Å². The SMILES string of the molecule is CC(=O)Nc1cc(NC(C)=O)cc(C(=O)OCC(=O)N2CCc3ccccc32)c1. The van der Waals surface area contributed by atoms with Crippen molar-refractivity contribution in [1.29, 1.82) is 0 Å². The molecule has 0 aromatic heterocycles. The summed E-state index contributed by atoms with van der Waals surface area (Å²) in [5.41, 5.74) is 2.67. The zero-order valence-corrected chi connectivity index (χ0v) is 16.2. The zero-order chi connectivity index (χ0) is 21.0. The van der Waals surface area contributed by atoms with Crippen molar-refractivity contribution in [2.45, 2.75) is 20.3 Å². The van der Waals surface area contributed by atoms with Crippen LogP contribution in [0.2, 0.25) is 0 Å². The fraction of sp³-hybridized carbons (Fsp3) is 0.238. The Bertz CT molecular complexity index is 952. The first kappa shape index (κ1) is 20.1. The molecule has 0 unspecified atom stereocenters. The van der Waals surface area contributed by atoms with E-state index in [1.54, 1.807) is 4.90 Å². The van der Waals surface area contributed by atoms with Gasteiger partial charge in [0, 0.05) is 37.5 Å². The van der Waals surface area contributed by atoms with Gasteiger partial charge in [0.1, 0.15) is 0 Å². The van der Waals surface area contributed by atoms with E-state index in [1.165, 1.54) is 32.0 Å². The quantitative estimate of drug-likeness (QED) is 0.756. The van der Waals surface area contributed by atoms with Crippen molar-refractivity contribution >= 4 is 40.8 Å². The number of nitrogens with one attached hydrogen (secondary N) is 2. The predicted molar refractivity (Wildman–Crippen MR) is 108 cm³/mol. The second kappa shape index (κ2) is 8.55. The van der Waals surface area contributed by atoms with Gasteiger partial charge in [-0.15, -0.1) is 0 Å². The molecule has 8 heteroatoms. The molecule has 0 fully saturated rings. The molecule has 0 aliphatic carbocycles. The van der Waals surface area contributed by atoms with E-state index in [2.05, 4.69) is 10.6 Å². The van der Waals surface area contributed by atoms with Crippen LogP contribution in [0, 0.1) is 0 Å². The molecule has 3 amide bonds. The molecule has 0 saturated carbocycles. The van der Waals surface area contributed by atoms with Gasteiger partial charge >= 0.3 is 5.97 Å². The molecule has 8 nitrogen and oxygen atoms in total. The molecule has 3 rings (SSSR count). The van der Waals surface area contributed by atoms with Gasteiger partial charge in [-0.25, -0.2) is 4.79 Å². The number of fused-ring (bicyclic) bond motifs is 1. The number of carbonyl (C=O) groups is 4. The Morgan fingerprint density at radius 2 is 1.59 bits per heavy atom. The number of nitrogens with zero attached hydrogens (tertiary/aromatic N) is 1. The summed E-state index contributed by atoms with van der Waals surface area (Å²) in [6, 6.07) is 12.0. The standard InChI is InChI=1S/C21H21N3O5/c1-13(25)22-17-9-16(10-18(11-17)23-14(2)26)21(28)29-12-20(27)24-8-7-15-5-3-4-6-19(15)24/h3-6,9-11H,7-8,12H2,1-2H3,(H,22,25)(H,23,26). The van der Waals surface area contributed by atoms with Crippen molar-refractivity contribution < 1.29 is 23.9 Å². The summed E-state index contributed by atoms with van der Waals surface area (Å²) in [5, 5.41) is 5.12. The van der Waals surface area contributed by atoms with Crippen LogP contribution >= 0.6 is 0 Å². The largest absolute Gasteiger partial charge is 0.452 e. The van der Waals surface area contributed by atoms with Gasteiger partial charge in [0.05, 0.1) is 5.56 Å². The Kier molecular flexibility index (Phi) is 5.92. The molecule has 0 spiro atoms. The lowest BCUT2D eigenvalue weighted by molar-refractivity contribution is -0.121. The van der Waals surface area contributed by atoms with Crippen LogP contribution in [0.25, 0.3) is 0 Å². The van der Waals surface area contributed by atoms with Gasteiger partial charge in [0.15, 0.2) is 6.61 Å². The van der Waals surface area contributed by atoms with E-state index in [9.17, 15) is 19.2 Å². The van der Waals surface area contributed by atoms with Crippen LogP contribution in [0.1, 0.15) is 29.8 Å². The van der Waals surface area contributed by atoms with Crippen molar-refractivity contribution in [3.8, 4) is 0 Å². The molecule has 2 N–H and O–H groups in total. The lowest BCUT2D eigenvalue weighted by Gasteiger charge is -2.17. The first-order valence-corrected chi connectivity index (χ1v) is 9.09. The number of hydrogen-bond donors (Lipinski definition) is 2. The minimum Gasteiger partial charge on any atom is -0.452 e. The van der Waals surface area contributed by atoms with E-state index in [-0.39, 0.29) is 23.3 Å². The van der Waals surface area contributed by atoms with Crippen LogP contribution in [0.3, 0.4) is 0 Å². The number of ether oxygens (including phenoxy) is 1. The van der Waals surface area contributed by atoms with E-state index < -0.39 is 12.6 Å². The molecule has 0 saturated heterocycles. The topological polar surface area (TPSA) is 105 Å². The number of anilines is 3. The molecule has 1 aliphatic heterocycles. The average Bonchev–Trinajstić information content (AvgIpc) is 3.08. The van der Waals surface area contributed by atoms with Gasteiger partial charge < -0.3 is 20.3 Å².